The molecule has 1 fully saturated rings. The standard InChI is InChI=1S/C33H34F2N4O5/c1-5-31(41)37-25-16-23(39-11-9-38(6-2)10-12-39)8-7-20(25)13-22-14-21-15-27(44-30(21)19-36-22)26(40)17-24-32(34)28(42-3)18-29(43-4)33(24)35/h5,7-8,14-16,18-19H,1,6,9-13,17H2,2-4H3,(H,37,41). The van der Waals surface area contributed by atoms with E-state index in [2.05, 4.69) is 33.6 Å². The highest BCUT2D eigenvalue weighted by Gasteiger charge is 2.24. The summed E-state index contributed by atoms with van der Waals surface area (Å²) < 4.78 is 45.3. The molecule has 1 aliphatic rings. The lowest BCUT2D eigenvalue weighted by atomic mass is 10.0. The number of ketones is 1. The van der Waals surface area contributed by atoms with E-state index in [0.717, 1.165) is 50.0 Å². The summed E-state index contributed by atoms with van der Waals surface area (Å²) in [4.78, 5) is 34.5. The number of hydrogen-bond donors (Lipinski definition) is 1. The van der Waals surface area contributed by atoms with Crippen LogP contribution in [0.15, 0.2) is 59.7 Å². The fourth-order valence-electron chi connectivity index (χ4n) is 5.30. The Morgan fingerprint density at radius 2 is 1.75 bits per heavy atom. The van der Waals surface area contributed by atoms with E-state index in [-0.39, 0.29) is 23.2 Å². The number of piperazine rings is 1. The van der Waals surface area contributed by atoms with Gasteiger partial charge in [0, 0.05) is 73.1 Å². The molecule has 1 aliphatic heterocycles. The monoisotopic (exact) mass is 604 g/mol. The van der Waals surface area contributed by atoms with Crippen molar-refractivity contribution >= 4 is 34.0 Å². The van der Waals surface area contributed by atoms with Gasteiger partial charge in [-0.25, -0.2) is 8.78 Å². The number of furan rings is 1. The van der Waals surface area contributed by atoms with Crippen LogP contribution in [0, 0.1) is 11.6 Å². The minimum absolute atomic E-state index is 0.0639. The van der Waals surface area contributed by atoms with Crippen LogP contribution in [0.3, 0.4) is 0 Å². The first kappa shape index (κ1) is 30.7. The summed E-state index contributed by atoms with van der Waals surface area (Å²) in [6, 6.07) is 10.4. The number of likely N-dealkylation sites (N-methyl/N-ethyl adjacent to an activating group) is 1. The molecule has 0 spiro atoms. The number of amides is 1. The van der Waals surface area contributed by atoms with Gasteiger partial charge in [-0.3, -0.25) is 14.6 Å². The van der Waals surface area contributed by atoms with E-state index < -0.39 is 29.4 Å². The van der Waals surface area contributed by atoms with E-state index in [4.69, 9.17) is 13.9 Å². The van der Waals surface area contributed by atoms with Crippen LogP contribution in [0.2, 0.25) is 0 Å². The molecule has 0 bridgehead atoms. The molecule has 1 saturated heterocycles. The lowest BCUT2D eigenvalue weighted by Gasteiger charge is -2.35. The van der Waals surface area contributed by atoms with Gasteiger partial charge in [-0.05, 0) is 42.4 Å². The van der Waals surface area contributed by atoms with Gasteiger partial charge in [0.15, 0.2) is 34.5 Å². The average Bonchev–Trinajstić information content (AvgIpc) is 3.47. The summed E-state index contributed by atoms with van der Waals surface area (Å²) in [5, 5.41) is 3.52. The molecule has 0 aliphatic carbocycles. The van der Waals surface area contributed by atoms with Crippen molar-refractivity contribution in [1.29, 1.82) is 0 Å². The summed E-state index contributed by atoms with van der Waals surface area (Å²) in [5.74, 6) is -3.44. The molecule has 1 amide bonds. The number of carbonyl (C=O) groups excluding carboxylic acids is 2. The number of nitrogens with zero attached hydrogens (tertiary/aromatic N) is 3. The van der Waals surface area contributed by atoms with Gasteiger partial charge in [-0.15, -0.1) is 0 Å². The molecule has 2 aromatic carbocycles. The number of nitrogens with one attached hydrogen (secondary N) is 1. The fourth-order valence-corrected chi connectivity index (χ4v) is 5.30. The van der Waals surface area contributed by atoms with Crippen LogP contribution in [0.1, 0.15) is 34.3 Å². The maximum atomic E-state index is 14.8. The van der Waals surface area contributed by atoms with E-state index in [9.17, 15) is 18.4 Å². The molecular weight excluding hydrogens is 570 g/mol. The first-order valence-electron chi connectivity index (χ1n) is 14.3. The van der Waals surface area contributed by atoms with E-state index in [1.165, 1.54) is 32.6 Å². The molecule has 1 N–H and O–H groups in total. The van der Waals surface area contributed by atoms with Crippen molar-refractivity contribution in [2.75, 3.05) is 57.2 Å². The third-order valence-corrected chi connectivity index (χ3v) is 7.83. The van der Waals surface area contributed by atoms with Crippen LogP contribution in [-0.2, 0) is 17.6 Å². The van der Waals surface area contributed by atoms with E-state index in [1.807, 2.05) is 18.2 Å². The lowest BCUT2D eigenvalue weighted by Crippen LogP contribution is -2.46. The Balaban J connectivity index is 1.38. The SMILES string of the molecule is C=CC(=O)Nc1cc(N2CCN(CC)CC2)ccc1Cc1cc2cc(C(=O)Cc3c(F)c(OC)cc(OC)c3F)oc2cn1. The molecule has 9 nitrogen and oxygen atoms in total. The highest BCUT2D eigenvalue weighted by molar-refractivity contribution is 6.00. The Bertz CT molecular complexity index is 1680. The van der Waals surface area contributed by atoms with Crippen molar-refractivity contribution in [1.82, 2.24) is 9.88 Å². The Labute approximate surface area is 254 Å². The number of benzene rings is 2. The van der Waals surface area contributed by atoms with Crippen molar-refractivity contribution < 1.29 is 32.3 Å². The summed E-state index contributed by atoms with van der Waals surface area (Å²) in [7, 11) is 2.48. The minimum Gasteiger partial charge on any atom is -0.494 e. The number of pyridine rings is 1. The largest absolute Gasteiger partial charge is 0.494 e. The molecule has 230 valence electrons. The molecule has 11 heteroatoms. The molecular formula is C33H34F2N4O5. The third-order valence-electron chi connectivity index (χ3n) is 7.83. The number of aromatic nitrogens is 1. The van der Waals surface area contributed by atoms with E-state index in [0.29, 0.717) is 28.8 Å². The molecule has 44 heavy (non-hydrogen) atoms. The van der Waals surface area contributed by atoms with Gasteiger partial charge < -0.3 is 29.0 Å². The number of anilines is 2. The second kappa shape index (κ2) is 13.3. The van der Waals surface area contributed by atoms with Crippen molar-refractivity contribution in [2.24, 2.45) is 0 Å². The maximum Gasteiger partial charge on any atom is 0.247 e. The van der Waals surface area contributed by atoms with Gasteiger partial charge >= 0.3 is 0 Å². The van der Waals surface area contributed by atoms with Gasteiger partial charge in [0.2, 0.25) is 11.7 Å². The Morgan fingerprint density at radius 3 is 2.39 bits per heavy atom. The molecule has 0 atom stereocenters. The third kappa shape index (κ3) is 6.42. The number of methoxy groups -OCH3 is 2. The van der Waals surface area contributed by atoms with Crippen molar-refractivity contribution in [3.05, 3.63) is 89.5 Å². The number of hydrogen-bond acceptors (Lipinski definition) is 8. The molecule has 3 heterocycles. The Kier molecular flexibility index (Phi) is 9.24. The minimum atomic E-state index is -0.979. The summed E-state index contributed by atoms with van der Waals surface area (Å²) in [6.45, 7) is 10.5. The first-order chi connectivity index (χ1) is 21.2. The Hall–Kier alpha value is -4.77. The summed E-state index contributed by atoms with van der Waals surface area (Å²) in [5.41, 5.74) is 3.07. The van der Waals surface area contributed by atoms with Crippen LogP contribution in [0.5, 0.6) is 11.5 Å². The van der Waals surface area contributed by atoms with Gasteiger partial charge in [0.05, 0.1) is 20.4 Å². The zero-order valence-electron chi connectivity index (χ0n) is 24.9. The number of Topliss-reactive ketones (excluding diaryl/α,β-unsaturated/α-hetero) is 1. The molecule has 0 saturated carbocycles. The number of carbonyl (C=O) groups is 2. The van der Waals surface area contributed by atoms with Crippen LogP contribution in [0.25, 0.3) is 11.0 Å². The second-order valence-electron chi connectivity index (χ2n) is 10.4. The van der Waals surface area contributed by atoms with E-state index >= 15 is 0 Å². The quantitative estimate of drug-likeness (QED) is 0.180. The molecule has 5 rings (SSSR count). The molecule has 0 radical (unpaired) electrons. The Morgan fingerprint density at radius 1 is 1.05 bits per heavy atom. The molecule has 2 aromatic heterocycles. The van der Waals surface area contributed by atoms with Crippen LogP contribution in [-0.4, -0.2) is 68.5 Å². The first-order valence-corrected chi connectivity index (χ1v) is 14.3. The summed E-state index contributed by atoms with van der Waals surface area (Å²) in [6.07, 6.45) is 2.52. The fraction of sp³-hybridized carbons (Fsp3) is 0.303. The number of ether oxygens (including phenoxy) is 2. The lowest BCUT2D eigenvalue weighted by molar-refractivity contribution is -0.111. The zero-order chi connectivity index (χ0) is 31.4. The van der Waals surface area contributed by atoms with Crippen molar-refractivity contribution in [3.8, 4) is 11.5 Å². The predicted molar refractivity (Wildman–Crippen MR) is 164 cm³/mol. The van der Waals surface area contributed by atoms with Crippen LogP contribution < -0.4 is 19.7 Å². The summed E-state index contributed by atoms with van der Waals surface area (Å²) >= 11 is 0. The number of fused-ring (bicyclic) bond motifs is 1. The average molecular weight is 605 g/mol. The van der Waals surface area contributed by atoms with Gasteiger partial charge in [-0.2, -0.15) is 0 Å². The topological polar surface area (TPSA) is 97.1 Å². The zero-order valence-corrected chi connectivity index (χ0v) is 24.9. The van der Waals surface area contributed by atoms with Gasteiger partial charge in [-0.1, -0.05) is 19.6 Å². The highest BCUT2D eigenvalue weighted by atomic mass is 19.1. The molecule has 0 unspecified atom stereocenters. The second-order valence-corrected chi connectivity index (χ2v) is 10.4. The maximum absolute atomic E-state index is 14.8. The van der Waals surface area contributed by atoms with Gasteiger partial charge in [0.1, 0.15) is 0 Å². The van der Waals surface area contributed by atoms with Crippen molar-refractivity contribution in [2.45, 2.75) is 19.8 Å². The smallest absolute Gasteiger partial charge is 0.247 e. The van der Waals surface area contributed by atoms with Gasteiger partial charge in [0.25, 0.3) is 0 Å². The van der Waals surface area contributed by atoms with Crippen LogP contribution >= 0.6 is 0 Å². The van der Waals surface area contributed by atoms with Crippen molar-refractivity contribution in [3.63, 3.8) is 0 Å². The predicted octanol–water partition coefficient (Wildman–Crippen LogP) is 5.41. The number of rotatable bonds is 11. The van der Waals surface area contributed by atoms with Crippen LogP contribution in [0.4, 0.5) is 20.2 Å². The van der Waals surface area contributed by atoms with E-state index in [1.54, 1.807) is 6.07 Å². The molecule has 4 aromatic rings. The highest BCUT2D eigenvalue weighted by Crippen LogP contribution is 2.33. The normalized spacial score (nSPS) is 13.6. The number of halogens is 2.